The quantitative estimate of drug-likeness (QED) is 0.300. The number of ether oxygens (including phenoxy) is 1. The van der Waals surface area contributed by atoms with Gasteiger partial charge in [0.1, 0.15) is 17.1 Å². The molecule has 1 saturated heterocycles. The van der Waals surface area contributed by atoms with Crippen molar-refractivity contribution >= 4 is 27.6 Å². The highest BCUT2D eigenvalue weighted by atomic mass is 16.5. The molecule has 7 rings (SSSR count). The Bertz CT molecular complexity index is 1540. The first-order valence-electron chi connectivity index (χ1n) is 13.5. The lowest BCUT2D eigenvalue weighted by Crippen LogP contribution is -2.29. The maximum Gasteiger partial charge on any atom is 0.139 e. The van der Waals surface area contributed by atoms with Gasteiger partial charge in [-0.15, -0.1) is 0 Å². The predicted octanol–water partition coefficient (Wildman–Crippen LogP) is 6.27. The summed E-state index contributed by atoms with van der Waals surface area (Å²) in [6, 6.07) is 8.45. The van der Waals surface area contributed by atoms with Gasteiger partial charge in [0.15, 0.2) is 0 Å². The second-order valence-electron chi connectivity index (χ2n) is 10.3. The van der Waals surface area contributed by atoms with Crippen LogP contribution in [-0.4, -0.2) is 49.3 Å². The van der Waals surface area contributed by atoms with Crippen molar-refractivity contribution in [3.63, 3.8) is 0 Å². The third kappa shape index (κ3) is 4.30. The van der Waals surface area contributed by atoms with E-state index in [2.05, 4.69) is 48.2 Å². The molecule has 37 heavy (non-hydrogen) atoms. The molecule has 8 nitrogen and oxygen atoms in total. The van der Waals surface area contributed by atoms with Crippen LogP contribution in [0.1, 0.15) is 51.4 Å². The third-order valence-corrected chi connectivity index (χ3v) is 7.77. The van der Waals surface area contributed by atoms with Gasteiger partial charge in [0.25, 0.3) is 0 Å². The summed E-state index contributed by atoms with van der Waals surface area (Å²) in [6.45, 7) is 2.19. The molecule has 0 bridgehead atoms. The van der Waals surface area contributed by atoms with Gasteiger partial charge >= 0.3 is 0 Å². The number of hydrogen-bond donors (Lipinski definition) is 2. The zero-order chi connectivity index (χ0) is 24.6. The van der Waals surface area contributed by atoms with Gasteiger partial charge in [-0.2, -0.15) is 5.10 Å². The molecule has 0 atom stereocenters. The van der Waals surface area contributed by atoms with E-state index in [-0.39, 0.29) is 6.10 Å². The number of nitrogens with one attached hydrogen (secondary N) is 2. The summed E-state index contributed by atoms with van der Waals surface area (Å²) < 4.78 is 6.25. The molecule has 6 heterocycles. The summed E-state index contributed by atoms with van der Waals surface area (Å²) in [5, 5.41) is 9.95. The molecule has 1 saturated carbocycles. The van der Waals surface area contributed by atoms with Crippen LogP contribution in [0.3, 0.4) is 0 Å². The number of anilines is 1. The smallest absolute Gasteiger partial charge is 0.139 e. The van der Waals surface area contributed by atoms with Gasteiger partial charge in [-0.1, -0.05) is 6.42 Å². The monoisotopic (exact) mass is 493 g/mol. The molecule has 0 unspecified atom stereocenters. The summed E-state index contributed by atoms with van der Waals surface area (Å²) in [5.41, 5.74) is 6.62. The van der Waals surface area contributed by atoms with Crippen LogP contribution in [0.25, 0.3) is 44.6 Å². The number of fused-ring (bicyclic) bond motifs is 2. The van der Waals surface area contributed by atoms with Gasteiger partial charge in [0.2, 0.25) is 0 Å². The van der Waals surface area contributed by atoms with Crippen LogP contribution < -0.4 is 9.64 Å². The molecule has 0 spiro atoms. The SMILES string of the molecule is c1cc(N2CCCCC2)c2cc(-c3n[nH]c4cnc(-c5cncc(OC6CCCCC6)c5)cc34)[nH]c2n1. The fourth-order valence-corrected chi connectivity index (χ4v) is 5.83. The highest BCUT2D eigenvalue weighted by molar-refractivity contribution is 5.99. The lowest BCUT2D eigenvalue weighted by atomic mass is 9.98. The van der Waals surface area contributed by atoms with Crippen LogP contribution in [-0.2, 0) is 0 Å². The average molecular weight is 494 g/mol. The minimum Gasteiger partial charge on any atom is -0.489 e. The van der Waals surface area contributed by atoms with Gasteiger partial charge in [-0.05, 0) is 69.2 Å². The molecule has 8 heteroatoms. The van der Waals surface area contributed by atoms with Crippen molar-refractivity contribution in [2.45, 2.75) is 57.5 Å². The Morgan fingerprint density at radius 1 is 0.865 bits per heavy atom. The number of piperidine rings is 1. The molecule has 2 aliphatic rings. The van der Waals surface area contributed by atoms with E-state index in [1.54, 1.807) is 6.20 Å². The van der Waals surface area contributed by atoms with E-state index in [4.69, 9.17) is 9.72 Å². The number of hydrogen-bond acceptors (Lipinski definition) is 6. The fraction of sp³-hybridized carbons (Fsp3) is 0.379. The largest absolute Gasteiger partial charge is 0.489 e. The number of aromatic nitrogens is 6. The molecule has 5 aromatic heterocycles. The lowest BCUT2D eigenvalue weighted by molar-refractivity contribution is 0.154. The zero-order valence-corrected chi connectivity index (χ0v) is 20.9. The van der Waals surface area contributed by atoms with E-state index < -0.39 is 0 Å². The fourth-order valence-electron chi connectivity index (χ4n) is 5.83. The zero-order valence-electron chi connectivity index (χ0n) is 20.9. The van der Waals surface area contributed by atoms with Crippen molar-refractivity contribution in [2.75, 3.05) is 18.0 Å². The Hall–Kier alpha value is -3.94. The second-order valence-corrected chi connectivity index (χ2v) is 10.3. The minimum absolute atomic E-state index is 0.284. The van der Waals surface area contributed by atoms with Crippen LogP contribution in [0.2, 0.25) is 0 Å². The third-order valence-electron chi connectivity index (χ3n) is 7.77. The Balaban J connectivity index is 1.23. The molecular formula is C29H31N7O. The molecule has 2 fully saturated rings. The van der Waals surface area contributed by atoms with E-state index in [9.17, 15) is 0 Å². The molecule has 0 radical (unpaired) electrons. The predicted molar refractivity (Wildman–Crippen MR) is 146 cm³/mol. The Morgan fingerprint density at radius 2 is 1.73 bits per heavy atom. The van der Waals surface area contributed by atoms with Gasteiger partial charge in [-0.25, -0.2) is 4.98 Å². The number of pyridine rings is 3. The van der Waals surface area contributed by atoms with Crippen molar-refractivity contribution in [1.82, 2.24) is 30.1 Å². The number of H-pyrrole nitrogens is 2. The average Bonchev–Trinajstić information content (AvgIpc) is 3.58. The summed E-state index contributed by atoms with van der Waals surface area (Å²) in [6.07, 6.45) is 17.5. The molecule has 188 valence electrons. The van der Waals surface area contributed by atoms with Crippen molar-refractivity contribution in [3.8, 4) is 28.4 Å². The molecule has 5 aromatic rings. The summed E-state index contributed by atoms with van der Waals surface area (Å²) in [4.78, 5) is 19.7. The molecule has 0 amide bonds. The molecule has 2 N–H and O–H groups in total. The minimum atomic E-state index is 0.284. The summed E-state index contributed by atoms with van der Waals surface area (Å²) in [5.74, 6) is 0.811. The van der Waals surface area contributed by atoms with Gasteiger partial charge in [0, 0.05) is 47.5 Å². The van der Waals surface area contributed by atoms with E-state index in [1.807, 2.05) is 24.7 Å². The summed E-state index contributed by atoms with van der Waals surface area (Å²) >= 11 is 0. The van der Waals surface area contributed by atoms with Crippen molar-refractivity contribution < 1.29 is 4.74 Å². The maximum atomic E-state index is 6.25. The van der Waals surface area contributed by atoms with E-state index in [0.29, 0.717) is 0 Å². The second kappa shape index (κ2) is 9.50. The number of aromatic amines is 2. The van der Waals surface area contributed by atoms with Crippen molar-refractivity contribution in [3.05, 3.63) is 49.1 Å². The standard InChI is InChI=1S/C29H31N7O/c1-3-7-20(8-4-1)37-21-13-19(16-30-17-21)24-14-22-26(18-32-24)34-35-28(22)25-15-23-27(9-10-31-29(23)33-25)36-11-5-2-6-12-36/h9-10,13-18,20H,1-8,11-12H2,(H,31,33)(H,34,35). The maximum absolute atomic E-state index is 6.25. The highest BCUT2D eigenvalue weighted by Gasteiger charge is 2.19. The molecule has 1 aliphatic heterocycles. The molecular weight excluding hydrogens is 462 g/mol. The Morgan fingerprint density at radius 3 is 2.62 bits per heavy atom. The first-order valence-corrected chi connectivity index (χ1v) is 13.5. The molecule has 1 aliphatic carbocycles. The van der Waals surface area contributed by atoms with Crippen LogP contribution in [0, 0.1) is 0 Å². The number of nitrogens with zero attached hydrogens (tertiary/aromatic N) is 5. The summed E-state index contributed by atoms with van der Waals surface area (Å²) in [7, 11) is 0. The van der Waals surface area contributed by atoms with Crippen LogP contribution in [0.5, 0.6) is 5.75 Å². The number of rotatable bonds is 5. The Labute approximate surface area is 215 Å². The van der Waals surface area contributed by atoms with Crippen LogP contribution in [0.4, 0.5) is 5.69 Å². The van der Waals surface area contributed by atoms with E-state index >= 15 is 0 Å². The van der Waals surface area contributed by atoms with Crippen molar-refractivity contribution in [1.29, 1.82) is 0 Å². The van der Waals surface area contributed by atoms with Gasteiger partial charge in [-0.3, -0.25) is 15.1 Å². The first-order chi connectivity index (χ1) is 18.3. The first kappa shape index (κ1) is 22.3. The van der Waals surface area contributed by atoms with Crippen LogP contribution >= 0.6 is 0 Å². The van der Waals surface area contributed by atoms with Gasteiger partial charge < -0.3 is 14.6 Å². The van der Waals surface area contributed by atoms with Crippen LogP contribution in [0.15, 0.2) is 49.1 Å². The van der Waals surface area contributed by atoms with E-state index in [1.165, 1.54) is 44.2 Å². The van der Waals surface area contributed by atoms with Crippen molar-refractivity contribution in [2.24, 2.45) is 0 Å². The lowest BCUT2D eigenvalue weighted by Gasteiger charge is -2.29. The van der Waals surface area contributed by atoms with E-state index in [0.717, 1.165) is 76.3 Å². The molecule has 0 aromatic carbocycles. The normalized spacial score (nSPS) is 17.0. The topological polar surface area (TPSA) is 95.6 Å². The highest BCUT2D eigenvalue weighted by Crippen LogP contribution is 2.35. The van der Waals surface area contributed by atoms with Gasteiger partial charge in [0.05, 0.1) is 35.4 Å². The Kier molecular flexibility index (Phi) is 5.72.